The van der Waals surface area contributed by atoms with E-state index in [1.807, 2.05) is 0 Å². The van der Waals surface area contributed by atoms with E-state index in [2.05, 4.69) is 32.8 Å². The van der Waals surface area contributed by atoms with Gasteiger partial charge in [-0.25, -0.2) is 0 Å². The molecule has 76 valence electrons. The quantitative estimate of drug-likeness (QED) is 0.620. The first kappa shape index (κ1) is 11.2. The summed E-state index contributed by atoms with van der Waals surface area (Å²) >= 11 is 2.08. The number of piperidine rings is 1. The topological polar surface area (TPSA) is 32.3 Å². The summed E-state index contributed by atoms with van der Waals surface area (Å²) in [5, 5.41) is 2.89. The summed E-state index contributed by atoms with van der Waals surface area (Å²) in [5.74, 6) is 0.151. The van der Waals surface area contributed by atoms with Crippen molar-refractivity contribution in [1.82, 2.24) is 10.2 Å². The number of carbonyl (C=O) groups is 1. The molecule has 3 nitrogen and oxygen atoms in total. The highest BCUT2D eigenvalue weighted by Gasteiger charge is 2.09. The van der Waals surface area contributed by atoms with E-state index in [4.69, 9.17) is 0 Å². The fraction of sp³-hybridized carbons (Fsp3) is 0.889. The maximum Gasteiger partial charge on any atom is 0.229 e. The number of carbonyl (C=O) groups excluding carboxylic acids is 1. The number of halogens is 1. The molecule has 1 fully saturated rings. The zero-order chi connectivity index (χ0) is 9.52. The summed E-state index contributed by atoms with van der Waals surface area (Å²) in [6, 6.07) is 0. The number of rotatable bonds is 4. The van der Waals surface area contributed by atoms with Crippen LogP contribution in [0.3, 0.4) is 0 Å². The highest BCUT2D eigenvalue weighted by atomic mass is 127. The predicted octanol–water partition coefficient (Wildman–Crippen LogP) is 1.02. The zero-order valence-electron chi connectivity index (χ0n) is 7.89. The van der Waals surface area contributed by atoms with Gasteiger partial charge in [-0.3, -0.25) is 4.79 Å². The maximum atomic E-state index is 10.9. The van der Waals surface area contributed by atoms with Crippen LogP contribution in [-0.4, -0.2) is 41.4 Å². The Bertz CT molecular complexity index is 158. The van der Waals surface area contributed by atoms with Gasteiger partial charge in [-0.2, -0.15) is 0 Å². The van der Waals surface area contributed by atoms with Crippen molar-refractivity contribution in [2.45, 2.75) is 19.3 Å². The Labute approximate surface area is 93.4 Å². The fourth-order valence-electron chi connectivity index (χ4n) is 1.58. The second kappa shape index (κ2) is 6.59. The Balaban J connectivity index is 2.01. The van der Waals surface area contributed by atoms with Gasteiger partial charge in [-0.05, 0) is 25.9 Å². The summed E-state index contributed by atoms with van der Waals surface area (Å²) in [6.45, 7) is 4.24. The molecular weight excluding hydrogens is 279 g/mol. The summed E-state index contributed by atoms with van der Waals surface area (Å²) in [7, 11) is 0. The van der Waals surface area contributed by atoms with Crippen molar-refractivity contribution in [2.24, 2.45) is 0 Å². The van der Waals surface area contributed by atoms with Gasteiger partial charge < -0.3 is 10.2 Å². The molecule has 0 aromatic rings. The van der Waals surface area contributed by atoms with Crippen LogP contribution < -0.4 is 5.32 Å². The lowest BCUT2D eigenvalue weighted by Gasteiger charge is -2.26. The van der Waals surface area contributed by atoms with Crippen LogP contribution in [-0.2, 0) is 4.79 Å². The lowest BCUT2D eigenvalue weighted by Crippen LogP contribution is -2.37. The predicted molar refractivity (Wildman–Crippen MR) is 62.2 cm³/mol. The first-order valence-electron chi connectivity index (χ1n) is 4.88. The average molecular weight is 296 g/mol. The van der Waals surface area contributed by atoms with Crippen LogP contribution in [0, 0.1) is 0 Å². The molecule has 1 aliphatic rings. The highest BCUT2D eigenvalue weighted by Crippen LogP contribution is 2.07. The SMILES string of the molecule is O=C(CI)NCCN1CCCCC1. The number of nitrogens with zero attached hydrogens (tertiary/aromatic N) is 1. The molecule has 1 amide bonds. The Hall–Kier alpha value is 0.160. The van der Waals surface area contributed by atoms with E-state index in [9.17, 15) is 4.79 Å². The number of alkyl halides is 1. The van der Waals surface area contributed by atoms with Crippen LogP contribution in [0.5, 0.6) is 0 Å². The molecule has 0 saturated carbocycles. The third-order valence-electron chi connectivity index (χ3n) is 2.32. The standard InChI is InChI=1S/C9H17IN2O/c10-8-9(13)11-4-7-12-5-2-1-3-6-12/h1-8H2,(H,11,13). The van der Waals surface area contributed by atoms with Crippen LogP contribution in [0.25, 0.3) is 0 Å². The number of nitrogens with one attached hydrogen (secondary N) is 1. The molecule has 0 unspecified atom stereocenters. The van der Waals surface area contributed by atoms with Gasteiger partial charge in [-0.1, -0.05) is 29.0 Å². The van der Waals surface area contributed by atoms with Gasteiger partial charge >= 0.3 is 0 Å². The van der Waals surface area contributed by atoms with E-state index in [-0.39, 0.29) is 5.91 Å². The average Bonchev–Trinajstić information content (AvgIpc) is 2.19. The largest absolute Gasteiger partial charge is 0.354 e. The van der Waals surface area contributed by atoms with E-state index in [0.717, 1.165) is 13.1 Å². The molecule has 1 aliphatic heterocycles. The summed E-state index contributed by atoms with van der Waals surface area (Å²) < 4.78 is 0.567. The molecule has 0 bridgehead atoms. The third-order valence-corrected chi connectivity index (χ3v) is 3.01. The Kier molecular flexibility index (Phi) is 5.70. The van der Waals surface area contributed by atoms with Crippen molar-refractivity contribution in [3.8, 4) is 0 Å². The van der Waals surface area contributed by atoms with Crippen LogP contribution in [0.1, 0.15) is 19.3 Å². The first-order valence-corrected chi connectivity index (χ1v) is 6.40. The van der Waals surface area contributed by atoms with Gasteiger partial charge in [0.05, 0.1) is 4.43 Å². The van der Waals surface area contributed by atoms with E-state index in [1.165, 1.54) is 32.4 Å². The minimum Gasteiger partial charge on any atom is -0.354 e. The van der Waals surface area contributed by atoms with Crippen LogP contribution >= 0.6 is 22.6 Å². The van der Waals surface area contributed by atoms with Crippen molar-refractivity contribution >= 4 is 28.5 Å². The van der Waals surface area contributed by atoms with E-state index < -0.39 is 0 Å². The molecule has 1 saturated heterocycles. The highest BCUT2D eigenvalue weighted by molar-refractivity contribution is 14.1. The summed E-state index contributed by atoms with van der Waals surface area (Å²) in [4.78, 5) is 13.3. The molecule has 1 heterocycles. The number of likely N-dealkylation sites (tertiary alicyclic amines) is 1. The van der Waals surface area contributed by atoms with Gasteiger partial charge in [-0.15, -0.1) is 0 Å². The summed E-state index contributed by atoms with van der Waals surface area (Å²) in [5.41, 5.74) is 0. The van der Waals surface area contributed by atoms with Crippen molar-refractivity contribution < 1.29 is 4.79 Å². The van der Waals surface area contributed by atoms with Crippen molar-refractivity contribution in [3.05, 3.63) is 0 Å². The van der Waals surface area contributed by atoms with Crippen LogP contribution in [0.15, 0.2) is 0 Å². The molecule has 0 aromatic carbocycles. The van der Waals surface area contributed by atoms with E-state index in [0.29, 0.717) is 4.43 Å². The van der Waals surface area contributed by atoms with E-state index >= 15 is 0 Å². The number of amides is 1. The third kappa shape index (κ3) is 4.81. The lowest BCUT2D eigenvalue weighted by atomic mass is 10.1. The Morgan fingerprint density at radius 1 is 1.31 bits per heavy atom. The summed E-state index contributed by atoms with van der Waals surface area (Å²) in [6.07, 6.45) is 4.01. The normalized spacial score (nSPS) is 18.5. The lowest BCUT2D eigenvalue weighted by molar-refractivity contribution is -0.118. The van der Waals surface area contributed by atoms with Gasteiger partial charge in [0, 0.05) is 13.1 Å². The fourth-order valence-corrected chi connectivity index (χ4v) is 1.85. The van der Waals surface area contributed by atoms with Crippen LogP contribution in [0.4, 0.5) is 0 Å². The molecule has 13 heavy (non-hydrogen) atoms. The van der Waals surface area contributed by atoms with Crippen LogP contribution in [0.2, 0.25) is 0 Å². The van der Waals surface area contributed by atoms with Gasteiger partial charge in [0.1, 0.15) is 0 Å². The van der Waals surface area contributed by atoms with Crippen molar-refractivity contribution in [1.29, 1.82) is 0 Å². The maximum absolute atomic E-state index is 10.9. The van der Waals surface area contributed by atoms with Crippen molar-refractivity contribution in [3.63, 3.8) is 0 Å². The molecule has 0 aliphatic carbocycles. The Morgan fingerprint density at radius 3 is 2.62 bits per heavy atom. The van der Waals surface area contributed by atoms with Crippen molar-refractivity contribution in [2.75, 3.05) is 30.6 Å². The Morgan fingerprint density at radius 2 is 2.00 bits per heavy atom. The first-order chi connectivity index (χ1) is 6.33. The van der Waals surface area contributed by atoms with E-state index in [1.54, 1.807) is 0 Å². The number of hydrogen-bond donors (Lipinski definition) is 1. The van der Waals surface area contributed by atoms with Gasteiger partial charge in [0.25, 0.3) is 0 Å². The smallest absolute Gasteiger partial charge is 0.229 e. The monoisotopic (exact) mass is 296 g/mol. The molecule has 0 spiro atoms. The minimum absolute atomic E-state index is 0.151. The second-order valence-electron chi connectivity index (χ2n) is 3.39. The van der Waals surface area contributed by atoms with Gasteiger partial charge in [0.15, 0.2) is 0 Å². The molecule has 0 aromatic heterocycles. The number of hydrogen-bond acceptors (Lipinski definition) is 2. The molecule has 1 N–H and O–H groups in total. The molecule has 0 atom stereocenters. The zero-order valence-corrected chi connectivity index (χ0v) is 10.0. The molecule has 0 radical (unpaired) electrons. The minimum atomic E-state index is 0.151. The molecule has 1 rings (SSSR count). The van der Waals surface area contributed by atoms with Gasteiger partial charge in [0.2, 0.25) is 5.91 Å². The second-order valence-corrected chi connectivity index (χ2v) is 4.15. The molecular formula is C9H17IN2O. The molecule has 4 heteroatoms.